The lowest BCUT2D eigenvalue weighted by Crippen LogP contribution is -1.96. The number of carboxylic acids is 1. The van der Waals surface area contributed by atoms with Crippen LogP contribution < -0.4 is 0 Å². The number of allylic oxidation sites excluding steroid dienone is 1. The van der Waals surface area contributed by atoms with Gasteiger partial charge in [-0.25, -0.2) is 4.79 Å². The lowest BCUT2D eigenvalue weighted by Gasteiger charge is -1.76. The Morgan fingerprint density at radius 3 is 2.90 bits per heavy atom. The second-order valence-electron chi connectivity index (χ2n) is 1.88. The number of carboxylic acid groups (broad SMARTS) is 1. The average Bonchev–Trinajstić information content (AvgIpc) is 2.34. The topological polar surface area (TPSA) is 63.8 Å². The Labute approximate surface area is 57.6 Å². The minimum absolute atomic E-state index is 0.0249. The molecule has 1 rings (SSSR count). The Kier molecular flexibility index (Phi) is 1.65. The zero-order valence-electron chi connectivity index (χ0n) is 5.53. The monoisotopic (exact) mass is 139 g/mol. The van der Waals surface area contributed by atoms with Crippen LogP contribution in [0.2, 0.25) is 0 Å². The van der Waals surface area contributed by atoms with Crippen molar-refractivity contribution in [2.24, 2.45) is 5.11 Å². The van der Waals surface area contributed by atoms with Crippen molar-refractivity contribution in [3.05, 3.63) is 11.8 Å². The van der Waals surface area contributed by atoms with Gasteiger partial charge in [0.2, 0.25) is 5.70 Å². The van der Waals surface area contributed by atoms with Crippen molar-refractivity contribution >= 4 is 11.7 Å². The molecule has 0 aromatic heterocycles. The summed E-state index contributed by atoms with van der Waals surface area (Å²) in [5.41, 5.74) is 0.745. The second kappa shape index (κ2) is 2.45. The van der Waals surface area contributed by atoms with Crippen LogP contribution in [0, 0.1) is 0 Å². The first kappa shape index (κ1) is 6.71. The van der Waals surface area contributed by atoms with Crippen molar-refractivity contribution < 1.29 is 14.7 Å². The van der Waals surface area contributed by atoms with E-state index in [9.17, 15) is 4.79 Å². The van der Waals surface area contributed by atoms with E-state index in [4.69, 9.17) is 5.11 Å². The molecule has 52 valence electrons. The van der Waals surface area contributed by atoms with Gasteiger partial charge < -0.3 is 5.11 Å². The number of rotatable bonds is 2. The van der Waals surface area contributed by atoms with Crippen molar-refractivity contribution in [3.8, 4) is 0 Å². The predicted octanol–water partition coefficient (Wildman–Crippen LogP) is 0.480. The van der Waals surface area contributed by atoms with Gasteiger partial charge in [0.05, 0.1) is 17.3 Å². The second-order valence-corrected chi connectivity index (χ2v) is 1.88. The summed E-state index contributed by atoms with van der Waals surface area (Å²) in [6.45, 7) is 1.90. The van der Waals surface area contributed by atoms with Crippen molar-refractivity contribution in [3.63, 3.8) is 0 Å². The maximum absolute atomic E-state index is 10.2. The third kappa shape index (κ3) is 1.11. The number of hydrogen-bond acceptors (Lipinski definition) is 2. The van der Waals surface area contributed by atoms with Crippen LogP contribution in [0.1, 0.15) is 13.3 Å². The molecule has 0 aromatic carbocycles. The minimum Gasteiger partial charge on any atom is -0.476 e. The summed E-state index contributed by atoms with van der Waals surface area (Å²) in [6, 6.07) is 0. The van der Waals surface area contributed by atoms with Crippen LogP contribution in [0.3, 0.4) is 0 Å². The standard InChI is InChI=1S/C6H6N2O2/c1-2-4-3-5(6(9)10)8-7-4/h3H,2H2,1H3/p+1. The Hall–Kier alpha value is -1.41. The summed E-state index contributed by atoms with van der Waals surface area (Å²) in [4.78, 5) is 13.9. The van der Waals surface area contributed by atoms with Crippen LogP contribution in [-0.2, 0) is 4.79 Å². The summed E-state index contributed by atoms with van der Waals surface area (Å²) in [7, 11) is 0. The van der Waals surface area contributed by atoms with E-state index in [1.54, 1.807) is 0 Å². The summed E-state index contributed by atoms with van der Waals surface area (Å²) < 4.78 is 0. The molecular formula is C6H7N2O2+. The zero-order chi connectivity index (χ0) is 7.56. The fraction of sp³-hybridized carbons (Fsp3) is 0.333. The fourth-order valence-corrected chi connectivity index (χ4v) is 0.611. The third-order valence-corrected chi connectivity index (χ3v) is 1.17. The van der Waals surface area contributed by atoms with Gasteiger partial charge in [0, 0.05) is 0 Å². The molecule has 0 saturated heterocycles. The Morgan fingerprint density at radius 2 is 2.60 bits per heavy atom. The van der Waals surface area contributed by atoms with Crippen molar-refractivity contribution in [1.29, 1.82) is 0 Å². The molecule has 0 bridgehead atoms. The lowest BCUT2D eigenvalue weighted by molar-refractivity contribution is -0.135. The molecule has 1 aliphatic heterocycles. The average molecular weight is 139 g/mol. The van der Waals surface area contributed by atoms with Gasteiger partial charge in [-0.15, -0.1) is 0 Å². The molecule has 0 atom stereocenters. The summed E-state index contributed by atoms with van der Waals surface area (Å²) in [5.74, 6) is -1.02. The van der Waals surface area contributed by atoms with Crippen LogP contribution in [0.25, 0.3) is 0 Å². The quantitative estimate of drug-likeness (QED) is 0.565. The first-order chi connectivity index (χ1) is 4.74. The lowest BCUT2D eigenvalue weighted by atomic mass is 10.2. The van der Waals surface area contributed by atoms with E-state index in [1.165, 1.54) is 6.08 Å². The van der Waals surface area contributed by atoms with Crippen molar-refractivity contribution in [2.75, 3.05) is 0 Å². The molecule has 1 aliphatic rings. The van der Waals surface area contributed by atoms with E-state index in [1.807, 2.05) is 6.92 Å². The Morgan fingerprint density at radius 1 is 1.90 bits per heavy atom. The SMILES string of the molecule is CCC1=[N+]=NC(C(=O)O)=C1. The Bertz CT molecular complexity index is 259. The largest absolute Gasteiger partial charge is 0.476 e. The van der Waals surface area contributed by atoms with E-state index in [0.29, 0.717) is 0 Å². The predicted molar refractivity (Wildman–Crippen MR) is 33.7 cm³/mol. The molecular weight excluding hydrogens is 132 g/mol. The third-order valence-electron chi connectivity index (χ3n) is 1.17. The van der Waals surface area contributed by atoms with Crippen LogP contribution >= 0.6 is 0 Å². The number of nitrogens with zero attached hydrogens (tertiary/aromatic N) is 2. The summed E-state index contributed by atoms with van der Waals surface area (Å²) in [6.07, 6.45) is 2.20. The van der Waals surface area contributed by atoms with Gasteiger partial charge in [-0.3, -0.25) is 0 Å². The highest BCUT2D eigenvalue weighted by Crippen LogP contribution is 2.01. The van der Waals surface area contributed by atoms with Crippen molar-refractivity contribution in [2.45, 2.75) is 13.3 Å². The van der Waals surface area contributed by atoms with E-state index >= 15 is 0 Å². The molecule has 4 heteroatoms. The smallest absolute Gasteiger partial charge is 0.362 e. The summed E-state index contributed by atoms with van der Waals surface area (Å²) >= 11 is 0. The van der Waals surface area contributed by atoms with E-state index in [2.05, 4.69) is 9.90 Å². The first-order valence-electron chi connectivity index (χ1n) is 2.96. The number of hydrogen-bond donors (Lipinski definition) is 1. The van der Waals surface area contributed by atoms with Gasteiger partial charge >= 0.3 is 11.7 Å². The van der Waals surface area contributed by atoms with Crippen LogP contribution in [0.15, 0.2) is 16.9 Å². The number of carbonyl (C=O) groups is 1. The van der Waals surface area contributed by atoms with E-state index in [-0.39, 0.29) is 5.70 Å². The molecule has 0 unspecified atom stereocenters. The molecule has 0 saturated carbocycles. The molecule has 0 aromatic rings. The van der Waals surface area contributed by atoms with Gasteiger partial charge in [-0.1, -0.05) is 6.92 Å². The van der Waals surface area contributed by atoms with E-state index in [0.717, 1.165) is 12.1 Å². The van der Waals surface area contributed by atoms with Gasteiger partial charge in [-0.05, 0) is 0 Å². The molecule has 0 fully saturated rings. The molecule has 0 spiro atoms. The molecule has 1 heterocycles. The molecule has 10 heavy (non-hydrogen) atoms. The van der Waals surface area contributed by atoms with E-state index < -0.39 is 5.97 Å². The molecule has 0 amide bonds. The van der Waals surface area contributed by atoms with Crippen molar-refractivity contribution in [1.82, 2.24) is 0 Å². The van der Waals surface area contributed by atoms with Gasteiger partial charge in [0.1, 0.15) is 5.11 Å². The molecule has 4 nitrogen and oxygen atoms in total. The molecule has 0 aliphatic carbocycles. The first-order valence-corrected chi connectivity index (χ1v) is 2.96. The van der Waals surface area contributed by atoms with Gasteiger partial charge in [0.25, 0.3) is 0 Å². The van der Waals surface area contributed by atoms with Crippen LogP contribution in [0.5, 0.6) is 0 Å². The Balaban J connectivity index is 2.78. The number of aliphatic carboxylic acids is 1. The normalized spacial score (nSPS) is 14.9. The van der Waals surface area contributed by atoms with Crippen LogP contribution in [-0.4, -0.2) is 21.6 Å². The highest BCUT2D eigenvalue weighted by molar-refractivity contribution is 5.99. The van der Waals surface area contributed by atoms with Crippen LogP contribution in [0.4, 0.5) is 0 Å². The fourth-order valence-electron chi connectivity index (χ4n) is 0.611. The molecule has 0 radical (unpaired) electrons. The maximum atomic E-state index is 10.2. The van der Waals surface area contributed by atoms with Gasteiger partial charge in [-0.2, -0.15) is 0 Å². The van der Waals surface area contributed by atoms with Gasteiger partial charge in [0.15, 0.2) is 0 Å². The highest BCUT2D eigenvalue weighted by atomic mass is 16.4. The zero-order valence-corrected chi connectivity index (χ0v) is 5.53. The maximum Gasteiger partial charge on any atom is 0.362 e. The summed E-state index contributed by atoms with van der Waals surface area (Å²) in [5, 5.41) is 11.8. The molecule has 1 N–H and O–H groups in total. The minimum atomic E-state index is -1.02. The highest BCUT2D eigenvalue weighted by Gasteiger charge is 2.21.